The van der Waals surface area contributed by atoms with Gasteiger partial charge in [0.2, 0.25) is 0 Å². The second kappa shape index (κ2) is 10.6. The molecular formula is C24H22F2N4OS. The molecule has 3 N–H and O–H groups in total. The number of phenols is 1. The Morgan fingerprint density at radius 2 is 1.66 bits per heavy atom. The third-order valence-corrected chi connectivity index (χ3v) is 4.95. The van der Waals surface area contributed by atoms with Gasteiger partial charge in [0.05, 0.1) is 5.69 Å². The number of halogens is 2. The molecule has 3 aromatic carbocycles. The van der Waals surface area contributed by atoms with Gasteiger partial charge in [0.1, 0.15) is 28.9 Å². The van der Waals surface area contributed by atoms with Crippen LogP contribution in [0.1, 0.15) is 5.56 Å². The number of phenolic OH excluding ortho intramolecular Hbond substituents is 1. The van der Waals surface area contributed by atoms with Crippen LogP contribution >= 0.6 is 12.6 Å². The largest absolute Gasteiger partial charge is 0.507 e. The predicted molar refractivity (Wildman–Crippen MR) is 126 cm³/mol. The van der Waals surface area contributed by atoms with Crippen LogP contribution in [-0.2, 0) is 6.54 Å². The van der Waals surface area contributed by atoms with Gasteiger partial charge in [-0.15, -0.1) is 12.6 Å². The summed E-state index contributed by atoms with van der Waals surface area (Å²) < 4.78 is 26.8. The number of thiol groups is 1. The van der Waals surface area contributed by atoms with Crippen molar-refractivity contribution in [2.45, 2.75) is 11.4 Å². The van der Waals surface area contributed by atoms with Crippen molar-refractivity contribution < 1.29 is 13.9 Å². The zero-order valence-corrected chi connectivity index (χ0v) is 18.2. The van der Waals surface area contributed by atoms with Crippen LogP contribution in [0.5, 0.6) is 5.75 Å². The molecule has 5 nitrogen and oxygen atoms in total. The van der Waals surface area contributed by atoms with E-state index in [-0.39, 0.29) is 5.75 Å². The maximum Gasteiger partial charge on any atom is 0.149 e. The van der Waals surface area contributed by atoms with Crippen molar-refractivity contribution in [2.24, 2.45) is 0 Å². The smallest absolute Gasteiger partial charge is 0.149 e. The van der Waals surface area contributed by atoms with Crippen LogP contribution in [0.25, 0.3) is 11.3 Å². The molecule has 0 unspecified atom stereocenters. The summed E-state index contributed by atoms with van der Waals surface area (Å²) in [7, 11) is 1.75. The molecule has 0 spiro atoms. The molecule has 0 saturated carbocycles. The number of para-hydroxylation sites is 1. The molecule has 0 aliphatic heterocycles. The van der Waals surface area contributed by atoms with Crippen LogP contribution in [-0.4, -0.2) is 22.1 Å². The first-order valence-corrected chi connectivity index (χ1v) is 10.1. The van der Waals surface area contributed by atoms with Crippen LogP contribution < -0.4 is 10.6 Å². The highest BCUT2D eigenvalue weighted by molar-refractivity contribution is 7.80. The van der Waals surface area contributed by atoms with E-state index in [1.807, 2.05) is 30.3 Å². The summed E-state index contributed by atoms with van der Waals surface area (Å²) in [4.78, 5) is 10.6. The number of aromatic nitrogens is 2. The molecule has 0 fully saturated rings. The molecule has 0 radical (unpaired) electrons. The van der Waals surface area contributed by atoms with Gasteiger partial charge < -0.3 is 15.7 Å². The average Bonchev–Trinajstić information content (AvgIpc) is 2.77. The predicted octanol–water partition coefficient (Wildman–Crippen LogP) is 5.32. The van der Waals surface area contributed by atoms with Crippen molar-refractivity contribution in [3.63, 3.8) is 0 Å². The SMILES string of the molecule is CN(Cc1ccc(-c2nccnc2N)cc1)c1ccc(F)cc1F.Oc1ccccc1S. The lowest BCUT2D eigenvalue weighted by molar-refractivity contribution is 0.463. The summed E-state index contributed by atoms with van der Waals surface area (Å²) in [6.07, 6.45) is 3.13. The number of rotatable bonds is 4. The van der Waals surface area contributed by atoms with Gasteiger partial charge in [0.15, 0.2) is 0 Å². The van der Waals surface area contributed by atoms with Crippen molar-refractivity contribution in [3.05, 3.63) is 96.3 Å². The Kier molecular flexibility index (Phi) is 7.62. The molecule has 4 aromatic rings. The minimum absolute atomic E-state index is 0.232. The highest BCUT2D eigenvalue weighted by atomic mass is 32.1. The van der Waals surface area contributed by atoms with E-state index < -0.39 is 11.6 Å². The zero-order valence-electron chi connectivity index (χ0n) is 17.3. The lowest BCUT2D eigenvalue weighted by Crippen LogP contribution is -2.17. The minimum Gasteiger partial charge on any atom is -0.507 e. The van der Waals surface area contributed by atoms with Crippen LogP contribution in [0.15, 0.2) is 84.0 Å². The van der Waals surface area contributed by atoms with Gasteiger partial charge in [0, 0.05) is 42.5 Å². The number of hydrogen-bond donors (Lipinski definition) is 3. The molecule has 8 heteroatoms. The van der Waals surface area contributed by atoms with E-state index in [0.29, 0.717) is 28.6 Å². The topological polar surface area (TPSA) is 75.3 Å². The number of nitrogen functional groups attached to an aromatic ring is 1. The molecule has 0 saturated heterocycles. The van der Waals surface area contributed by atoms with E-state index in [0.717, 1.165) is 17.2 Å². The zero-order chi connectivity index (χ0) is 23.1. The number of aromatic hydroxyl groups is 1. The first-order valence-electron chi connectivity index (χ1n) is 9.64. The highest BCUT2D eigenvalue weighted by Gasteiger charge is 2.10. The van der Waals surface area contributed by atoms with Crippen molar-refractivity contribution in [2.75, 3.05) is 17.7 Å². The van der Waals surface area contributed by atoms with E-state index in [4.69, 9.17) is 10.8 Å². The summed E-state index contributed by atoms with van der Waals surface area (Å²) in [5.41, 5.74) is 8.64. The van der Waals surface area contributed by atoms with E-state index >= 15 is 0 Å². The quantitative estimate of drug-likeness (QED) is 0.365. The van der Waals surface area contributed by atoms with E-state index in [1.54, 1.807) is 42.5 Å². The molecule has 0 aliphatic carbocycles. The Morgan fingerprint density at radius 1 is 0.969 bits per heavy atom. The van der Waals surface area contributed by atoms with Crippen molar-refractivity contribution in [1.29, 1.82) is 0 Å². The lowest BCUT2D eigenvalue weighted by Gasteiger charge is -2.20. The first-order chi connectivity index (χ1) is 15.3. The Balaban J connectivity index is 0.000000305. The first kappa shape index (κ1) is 23.0. The third kappa shape index (κ3) is 5.95. The van der Waals surface area contributed by atoms with Crippen molar-refractivity contribution in [3.8, 4) is 17.0 Å². The molecule has 0 amide bonds. The molecule has 0 aliphatic rings. The van der Waals surface area contributed by atoms with Crippen molar-refractivity contribution >= 4 is 24.1 Å². The summed E-state index contributed by atoms with van der Waals surface area (Å²) in [5, 5.41) is 8.84. The van der Waals surface area contributed by atoms with Gasteiger partial charge in [-0.3, -0.25) is 4.98 Å². The van der Waals surface area contributed by atoms with E-state index in [1.165, 1.54) is 12.1 Å². The third-order valence-electron chi connectivity index (χ3n) is 4.58. The van der Waals surface area contributed by atoms with Crippen LogP contribution in [0.2, 0.25) is 0 Å². The highest BCUT2D eigenvalue weighted by Crippen LogP contribution is 2.24. The lowest BCUT2D eigenvalue weighted by atomic mass is 10.1. The van der Waals surface area contributed by atoms with Crippen LogP contribution in [0.4, 0.5) is 20.3 Å². The number of anilines is 2. The fraction of sp³-hybridized carbons (Fsp3) is 0.0833. The molecule has 164 valence electrons. The number of nitrogens with zero attached hydrogens (tertiary/aromatic N) is 3. The fourth-order valence-electron chi connectivity index (χ4n) is 2.95. The van der Waals surface area contributed by atoms with Gasteiger partial charge in [-0.05, 0) is 29.8 Å². The van der Waals surface area contributed by atoms with Crippen LogP contribution in [0, 0.1) is 11.6 Å². The summed E-state index contributed by atoms with van der Waals surface area (Å²) >= 11 is 3.95. The Bertz CT molecular complexity index is 1170. The van der Waals surface area contributed by atoms with Gasteiger partial charge in [-0.2, -0.15) is 0 Å². The Morgan fingerprint density at radius 3 is 2.25 bits per heavy atom. The summed E-state index contributed by atoms with van der Waals surface area (Å²) in [6.45, 7) is 0.485. The molecule has 0 bridgehead atoms. The van der Waals surface area contributed by atoms with Gasteiger partial charge >= 0.3 is 0 Å². The molecule has 4 rings (SSSR count). The second-order valence-electron chi connectivity index (χ2n) is 6.93. The number of benzene rings is 3. The average molecular weight is 453 g/mol. The number of hydrogen-bond acceptors (Lipinski definition) is 6. The number of nitrogens with two attached hydrogens (primary N) is 1. The molecular weight excluding hydrogens is 430 g/mol. The summed E-state index contributed by atoms with van der Waals surface area (Å²) in [6, 6.07) is 18.1. The second-order valence-corrected chi connectivity index (χ2v) is 7.41. The van der Waals surface area contributed by atoms with Crippen LogP contribution in [0.3, 0.4) is 0 Å². The molecule has 0 atom stereocenters. The fourth-order valence-corrected chi connectivity index (χ4v) is 3.11. The standard InChI is InChI=1S/C18H16F2N4.C6H6OS/c1-24(16-7-6-14(19)10-15(16)20)11-12-2-4-13(5-3-12)17-18(21)23-9-8-22-17;7-5-3-1-2-4-6(5)8/h2-10H,11H2,1H3,(H2,21,23);1-4,7-8H. The maximum absolute atomic E-state index is 13.8. The van der Waals surface area contributed by atoms with Crippen molar-refractivity contribution in [1.82, 2.24) is 9.97 Å². The Labute approximate surface area is 190 Å². The molecule has 32 heavy (non-hydrogen) atoms. The molecule has 1 aromatic heterocycles. The Hall–Kier alpha value is -3.65. The van der Waals surface area contributed by atoms with E-state index in [9.17, 15) is 8.78 Å². The summed E-state index contributed by atoms with van der Waals surface area (Å²) in [5.74, 6) is -0.566. The van der Waals surface area contributed by atoms with E-state index in [2.05, 4.69) is 22.6 Å². The van der Waals surface area contributed by atoms with Gasteiger partial charge in [-0.1, -0.05) is 36.4 Å². The molecule has 1 heterocycles. The minimum atomic E-state index is -0.587. The van der Waals surface area contributed by atoms with Gasteiger partial charge in [0.25, 0.3) is 0 Å². The maximum atomic E-state index is 13.8. The monoisotopic (exact) mass is 452 g/mol. The van der Waals surface area contributed by atoms with Gasteiger partial charge in [-0.25, -0.2) is 13.8 Å². The normalized spacial score (nSPS) is 10.2.